The minimum Gasteiger partial charge on any atom is -0.379 e. The van der Waals surface area contributed by atoms with Gasteiger partial charge in [-0.3, -0.25) is 9.69 Å². The van der Waals surface area contributed by atoms with E-state index < -0.39 is 0 Å². The number of nitrogens with one attached hydrogen (secondary N) is 1. The summed E-state index contributed by atoms with van der Waals surface area (Å²) in [5.74, 6) is -0.0249. The molecule has 7 heteroatoms. The molecule has 0 aromatic heterocycles. The molecule has 1 fully saturated rings. The van der Waals surface area contributed by atoms with Gasteiger partial charge in [-0.2, -0.15) is 0 Å². The summed E-state index contributed by atoms with van der Waals surface area (Å²) >= 11 is 7.54. The molecule has 0 radical (unpaired) electrons. The highest BCUT2D eigenvalue weighted by molar-refractivity contribution is 8.00. The van der Waals surface area contributed by atoms with E-state index in [4.69, 9.17) is 16.3 Å². The number of halogens is 2. The van der Waals surface area contributed by atoms with Crippen LogP contribution in [0.3, 0.4) is 0 Å². The van der Waals surface area contributed by atoms with Crippen LogP contribution in [0.2, 0.25) is 5.02 Å². The fourth-order valence-corrected chi connectivity index (χ4v) is 4.07. The van der Waals surface area contributed by atoms with Gasteiger partial charge in [-0.1, -0.05) is 35.9 Å². The van der Waals surface area contributed by atoms with Crippen LogP contribution in [0, 0.1) is 5.82 Å². The molecule has 2 aromatic carbocycles. The van der Waals surface area contributed by atoms with Crippen LogP contribution in [-0.2, 0) is 9.53 Å². The number of carbonyl (C=O) groups excluding carboxylic acids is 1. The summed E-state index contributed by atoms with van der Waals surface area (Å²) in [6, 6.07) is 13.9. The molecule has 144 valence electrons. The summed E-state index contributed by atoms with van der Waals surface area (Å²) in [6.45, 7) is 3.36. The number of amides is 1. The summed E-state index contributed by atoms with van der Waals surface area (Å²) < 4.78 is 18.7. The first-order chi connectivity index (χ1) is 13.1. The average molecular weight is 409 g/mol. The van der Waals surface area contributed by atoms with Gasteiger partial charge in [0, 0.05) is 24.5 Å². The molecule has 1 N–H and O–H groups in total. The third kappa shape index (κ3) is 5.94. The Hall–Kier alpha value is -1.60. The SMILES string of the molecule is O=C(CSc1ccccc1Cl)NCC(c1ccc(F)cc1)N1CCOCC1. The molecule has 2 aromatic rings. The van der Waals surface area contributed by atoms with Crippen LogP contribution in [0.1, 0.15) is 11.6 Å². The lowest BCUT2D eigenvalue weighted by Gasteiger charge is -2.35. The summed E-state index contributed by atoms with van der Waals surface area (Å²) in [6.07, 6.45) is 0. The van der Waals surface area contributed by atoms with Crippen molar-refractivity contribution in [2.45, 2.75) is 10.9 Å². The molecule has 0 aliphatic carbocycles. The first kappa shape index (κ1) is 20.1. The molecule has 1 amide bonds. The van der Waals surface area contributed by atoms with Gasteiger partial charge >= 0.3 is 0 Å². The standard InChI is InChI=1S/C20H22ClFN2O2S/c21-17-3-1-2-4-19(17)27-14-20(25)23-13-18(24-9-11-26-12-10-24)15-5-7-16(22)8-6-15/h1-8,18H,9-14H2,(H,23,25). The molecular formula is C20H22ClFN2O2S. The molecule has 27 heavy (non-hydrogen) atoms. The van der Waals surface area contributed by atoms with Gasteiger partial charge < -0.3 is 10.1 Å². The number of hydrogen-bond donors (Lipinski definition) is 1. The normalized spacial score (nSPS) is 16.1. The summed E-state index contributed by atoms with van der Waals surface area (Å²) in [7, 11) is 0. The predicted octanol–water partition coefficient (Wildman–Crippen LogP) is 3.76. The molecule has 4 nitrogen and oxygen atoms in total. The Morgan fingerprint density at radius 2 is 1.89 bits per heavy atom. The molecular weight excluding hydrogens is 387 g/mol. The number of carbonyl (C=O) groups is 1. The predicted molar refractivity (Wildman–Crippen MR) is 107 cm³/mol. The van der Waals surface area contributed by atoms with Crippen LogP contribution in [0.15, 0.2) is 53.4 Å². The van der Waals surface area contributed by atoms with Crippen molar-refractivity contribution >= 4 is 29.3 Å². The molecule has 3 rings (SSSR count). The third-order valence-corrected chi connectivity index (χ3v) is 5.94. The molecule has 1 heterocycles. The molecule has 1 atom stereocenters. The number of benzene rings is 2. The average Bonchev–Trinajstić information content (AvgIpc) is 2.69. The number of morpholine rings is 1. The first-order valence-corrected chi connectivity index (χ1v) is 10.2. The zero-order chi connectivity index (χ0) is 19.1. The van der Waals surface area contributed by atoms with Gasteiger partial charge in [-0.15, -0.1) is 11.8 Å². The van der Waals surface area contributed by atoms with E-state index in [1.165, 1.54) is 23.9 Å². The zero-order valence-corrected chi connectivity index (χ0v) is 16.4. The van der Waals surface area contributed by atoms with Crippen LogP contribution in [0.4, 0.5) is 4.39 Å². The van der Waals surface area contributed by atoms with E-state index in [1.807, 2.05) is 24.3 Å². The number of ether oxygens (including phenoxy) is 1. The van der Waals surface area contributed by atoms with E-state index in [0.29, 0.717) is 30.5 Å². The molecule has 1 unspecified atom stereocenters. The minimum absolute atomic E-state index is 0.0104. The molecule has 1 aliphatic heterocycles. The van der Waals surface area contributed by atoms with Crippen molar-refractivity contribution in [3.63, 3.8) is 0 Å². The number of rotatable bonds is 7. The third-order valence-electron chi connectivity index (χ3n) is 4.43. The van der Waals surface area contributed by atoms with Gasteiger partial charge in [0.05, 0.1) is 30.0 Å². The maximum Gasteiger partial charge on any atom is 0.230 e. The Labute approximate surface area is 168 Å². The Bertz CT molecular complexity index is 754. The lowest BCUT2D eigenvalue weighted by atomic mass is 10.0. The Kier molecular flexibility index (Phi) is 7.52. The lowest BCUT2D eigenvalue weighted by Crippen LogP contribution is -2.44. The van der Waals surface area contributed by atoms with E-state index >= 15 is 0 Å². The van der Waals surface area contributed by atoms with Crippen LogP contribution < -0.4 is 5.32 Å². The van der Waals surface area contributed by atoms with Crippen molar-refractivity contribution in [3.05, 3.63) is 64.9 Å². The van der Waals surface area contributed by atoms with Gasteiger partial charge in [0.15, 0.2) is 0 Å². The topological polar surface area (TPSA) is 41.6 Å². The Morgan fingerprint density at radius 3 is 2.59 bits per heavy atom. The maximum absolute atomic E-state index is 13.3. The fourth-order valence-electron chi connectivity index (χ4n) is 3.00. The molecule has 1 aliphatic rings. The summed E-state index contributed by atoms with van der Waals surface area (Å²) in [5.41, 5.74) is 0.984. The van der Waals surface area contributed by atoms with Gasteiger partial charge in [-0.05, 0) is 29.8 Å². The number of nitrogens with zero attached hydrogens (tertiary/aromatic N) is 1. The first-order valence-electron chi connectivity index (χ1n) is 8.85. The van der Waals surface area contributed by atoms with Gasteiger partial charge in [-0.25, -0.2) is 4.39 Å². The lowest BCUT2D eigenvalue weighted by molar-refractivity contribution is -0.118. The fraction of sp³-hybridized carbons (Fsp3) is 0.350. The highest BCUT2D eigenvalue weighted by atomic mass is 35.5. The van der Waals surface area contributed by atoms with E-state index in [1.54, 1.807) is 12.1 Å². The minimum atomic E-state index is -0.264. The number of hydrogen-bond acceptors (Lipinski definition) is 4. The van der Waals surface area contributed by atoms with Gasteiger partial charge in [0.1, 0.15) is 5.82 Å². The summed E-state index contributed by atoms with van der Waals surface area (Å²) in [5, 5.41) is 3.65. The van der Waals surface area contributed by atoms with E-state index in [2.05, 4.69) is 10.2 Å². The highest BCUT2D eigenvalue weighted by Gasteiger charge is 2.23. The zero-order valence-electron chi connectivity index (χ0n) is 14.9. The maximum atomic E-state index is 13.3. The van der Waals surface area contributed by atoms with Gasteiger partial charge in [0.2, 0.25) is 5.91 Å². The monoisotopic (exact) mass is 408 g/mol. The largest absolute Gasteiger partial charge is 0.379 e. The quantitative estimate of drug-likeness (QED) is 0.708. The smallest absolute Gasteiger partial charge is 0.230 e. The van der Waals surface area contributed by atoms with Crippen molar-refractivity contribution in [2.24, 2.45) is 0 Å². The Morgan fingerprint density at radius 1 is 1.19 bits per heavy atom. The molecule has 0 spiro atoms. The Balaban J connectivity index is 1.59. The van der Waals surface area contributed by atoms with Crippen molar-refractivity contribution < 1.29 is 13.9 Å². The molecule has 1 saturated heterocycles. The van der Waals surface area contributed by atoms with E-state index in [0.717, 1.165) is 23.5 Å². The van der Waals surface area contributed by atoms with Crippen molar-refractivity contribution in [2.75, 3.05) is 38.6 Å². The van der Waals surface area contributed by atoms with E-state index in [9.17, 15) is 9.18 Å². The molecule has 0 bridgehead atoms. The van der Waals surface area contributed by atoms with Gasteiger partial charge in [0.25, 0.3) is 0 Å². The number of thioether (sulfide) groups is 1. The van der Waals surface area contributed by atoms with Crippen molar-refractivity contribution in [3.8, 4) is 0 Å². The van der Waals surface area contributed by atoms with Crippen LogP contribution in [0.25, 0.3) is 0 Å². The second kappa shape index (κ2) is 10.1. The van der Waals surface area contributed by atoms with Crippen molar-refractivity contribution in [1.82, 2.24) is 10.2 Å². The van der Waals surface area contributed by atoms with Crippen LogP contribution >= 0.6 is 23.4 Å². The second-order valence-electron chi connectivity index (χ2n) is 6.24. The summed E-state index contributed by atoms with van der Waals surface area (Å²) in [4.78, 5) is 15.5. The van der Waals surface area contributed by atoms with Crippen LogP contribution in [0.5, 0.6) is 0 Å². The van der Waals surface area contributed by atoms with E-state index in [-0.39, 0.29) is 17.8 Å². The highest BCUT2D eigenvalue weighted by Crippen LogP contribution is 2.26. The van der Waals surface area contributed by atoms with Crippen molar-refractivity contribution in [1.29, 1.82) is 0 Å². The second-order valence-corrected chi connectivity index (χ2v) is 7.66. The van der Waals surface area contributed by atoms with Crippen LogP contribution in [-0.4, -0.2) is 49.4 Å². The molecule has 0 saturated carbocycles.